The Morgan fingerprint density at radius 2 is 2.27 bits per heavy atom. The predicted molar refractivity (Wildman–Crippen MR) is 61.5 cm³/mol. The molecule has 2 aromatic rings. The maximum atomic E-state index is 5.62. The summed E-state index contributed by atoms with van der Waals surface area (Å²) in [6.07, 6.45) is 2.40. The lowest BCUT2D eigenvalue weighted by molar-refractivity contribution is 0.515. The summed E-state index contributed by atoms with van der Waals surface area (Å²) in [4.78, 5) is 9.56. The van der Waals surface area contributed by atoms with Gasteiger partial charge in [0.25, 0.3) is 0 Å². The number of thiazole rings is 1. The van der Waals surface area contributed by atoms with E-state index in [0.717, 1.165) is 21.3 Å². The van der Waals surface area contributed by atoms with Gasteiger partial charge in [0, 0.05) is 12.3 Å². The molecule has 2 heterocycles. The van der Waals surface area contributed by atoms with E-state index in [1.807, 2.05) is 13.8 Å². The highest BCUT2D eigenvalue weighted by Gasteiger charge is 2.12. The van der Waals surface area contributed by atoms with Gasteiger partial charge >= 0.3 is 0 Å². The Morgan fingerprint density at radius 1 is 1.47 bits per heavy atom. The first-order chi connectivity index (χ1) is 7.20. The first-order valence-corrected chi connectivity index (χ1v) is 6.01. The van der Waals surface area contributed by atoms with Crippen molar-refractivity contribution in [2.75, 3.05) is 5.88 Å². The summed E-state index contributed by atoms with van der Waals surface area (Å²) in [6.45, 7) is 3.96. The molecule has 0 aromatic carbocycles. The van der Waals surface area contributed by atoms with E-state index in [4.69, 9.17) is 16.0 Å². The van der Waals surface area contributed by atoms with Crippen LogP contribution in [0.5, 0.6) is 0 Å². The molecule has 0 saturated carbocycles. The lowest BCUT2D eigenvalue weighted by Gasteiger charge is -1.91. The molecule has 0 amide bonds. The van der Waals surface area contributed by atoms with E-state index < -0.39 is 0 Å². The maximum absolute atomic E-state index is 5.62. The Balaban J connectivity index is 2.32. The fourth-order valence-electron chi connectivity index (χ4n) is 1.37. The largest absolute Gasteiger partial charge is 0.440 e. The van der Waals surface area contributed by atoms with E-state index in [2.05, 4.69) is 9.97 Å². The summed E-state index contributed by atoms with van der Waals surface area (Å²) in [5, 5.41) is 1.04. The molecule has 0 radical (unpaired) electrons. The van der Waals surface area contributed by atoms with E-state index >= 15 is 0 Å². The number of hydrogen-bond acceptors (Lipinski definition) is 4. The smallest absolute Gasteiger partial charge is 0.196 e. The fourth-order valence-corrected chi connectivity index (χ4v) is 2.40. The molecule has 0 fully saturated rings. The van der Waals surface area contributed by atoms with Crippen molar-refractivity contribution in [1.29, 1.82) is 0 Å². The van der Waals surface area contributed by atoms with Crippen LogP contribution in [0.15, 0.2) is 10.6 Å². The van der Waals surface area contributed by atoms with Crippen molar-refractivity contribution >= 4 is 22.9 Å². The first-order valence-electron chi connectivity index (χ1n) is 4.66. The highest BCUT2D eigenvalue weighted by atomic mass is 35.5. The average molecular weight is 243 g/mol. The van der Waals surface area contributed by atoms with E-state index in [1.165, 1.54) is 0 Å². The van der Waals surface area contributed by atoms with Crippen molar-refractivity contribution in [2.24, 2.45) is 0 Å². The zero-order valence-electron chi connectivity index (χ0n) is 8.58. The van der Waals surface area contributed by atoms with Gasteiger partial charge in [0.1, 0.15) is 0 Å². The van der Waals surface area contributed by atoms with Crippen LogP contribution in [-0.2, 0) is 6.42 Å². The van der Waals surface area contributed by atoms with E-state index in [0.29, 0.717) is 18.2 Å². The van der Waals surface area contributed by atoms with Crippen LogP contribution in [0.25, 0.3) is 10.6 Å². The Kier molecular flexibility index (Phi) is 3.07. The Hall–Kier alpha value is -0.870. The molecule has 0 aliphatic rings. The van der Waals surface area contributed by atoms with E-state index in [9.17, 15) is 0 Å². The number of aromatic nitrogens is 2. The second-order valence-electron chi connectivity index (χ2n) is 3.20. The first kappa shape index (κ1) is 10.6. The van der Waals surface area contributed by atoms with Gasteiger partial charge in [-0.05, 0) is 13.8 Å². The third-order valence-electron chi connectivity index (χ3n) is 1.99. The second-order valence-corrected chi connectivity index (χ2v) is 4.79. The summed E-state index contributed by atoms with van der Waals surface area (Å²) in [6, 6.07) is 0. The molecule has 0 bridgehead atoms. The second kappa shape index (κ2) is 4.33. The SMILES string of the molecule is Cc1nc(C)c(-c2cnc(CCCl)o2)s1. The molecule has 0 N–H and O–H groups in total. The topological polar surface area (TPSA) is 38.9 Å². The minimum Gasteiger partial charge on any atom is -0.440 e. The standard InChI is InChI=1S/C10H11ClN2OS/c1-6-10(15-7(2)13-6)8-5-12-9(14-8)3-4-11/h5H,3-4H2,1-2H3. The zero-order chi connectivity index (χ0) is 10.8. The average Bonchev–Trinajstić information content (AvgIpc) is 2.73. The van der Waals surface area contributed by atoms with Gasteiger partial charge in [0.2, 0.25) is 0 Å². The van der Waals surface area contributed by atoms with Gasteiger partial charge in [-0.25, -0.2) is 9.97 Å². The van der Waals surface area contributed by atoms with Crippen molar-refractivity contribution in [3.05, 3.63) is 22.8 Å². The normalized spacial score (nSPS) is 10.9. The predicted octanol–water partition coefficient (Wildman–Crippen LogP) is 3.20. The van der Waals surface area contributed by atoms with Crippen molar-refractivity contribution in [1.82, 2.24) is 9.97 Å². The van der Waals surface area contributed by atoms with Gasteiger partial charge in [-0.1, -0.05) is 0 Å². The molecule has 0 aliphatic carbocycles. The third-order valence-corrected chi connectivity index (χ3v) is 3.27. The van der Waals surface area contributed by atoms with Gasteiger partial charge < -0.3 is 4.42 Å². The number of nitrogens with zero attached hydrogens (tertiary/aromatic N) is 2. The number of aryl methyl sites for hydroxylation is 3. The molecular formula is C10H11ClN2OS. The molecule has 3 nitrogen and oxygen atoms in total. The van der Waals surface area contributed by atoms with Crippen molar-refractivity contribution in [3.8, 4) is 10.6 Å². The van der Waals surface area contributed by atoms with Crippen LogP contribution in [0.4, 0.5) is 0 Å². The summed E-state index contributed by atoms with van der Waals surface area (Å²) in [5.41, 5.74) is 0.992. The van der Waals surface area contributed by atoms with Crippen LogP contribution in [0.3, 0.4) is 0 Å². The molecule has 15 heavy (non-hydrogen) atoms. The minimum absolute atomic E-state index is 0.528. The number of halogens is 1. The van der Waals surface area contributed by atoms with Gasteiger partial charge in [-0.3, -0.25) is 0 Å². The summed E-state index contributed by atoms with van der Waals surface area (Å²) in [7, 11) is 0. The lowest BCUT2D eigenvalue weighted by Crippen LogP contribution is -1.83. The molecule has 0 unspecified atom stereocenters. The van der Waals surface area contributed by atoms with Gasteiger partial charge in [0.05, 0.1) is 21.8 Å². The van der Waals surface area contributed by atoms with E-state index in [-0.39, 0.29) is 0 Å². The van der Waals surface area contributed by atoms with E-state index in [1.54, 1.807) is 17.5 Å². The van der Waals surface area contributed by atoms with Gasteiger partial charge in [-0.2, -0.15) is 0 Å². The van der Waals surface area contributed by atoms with Crippen LogP contribution in [0, 0.1) is 13.8 Å². The van der Waals surface area contributed by atoms with Gasteiger partial charge in [0.15, 0.2) is 11.7 Å². The lowest BCUT2D eigenvalue weighted by atomic mass is 10.3. The highest BCUT2D eigenvalue weighted by molar-refractivity contribution is 7.15. The Morgan fingerprint density at radius 3 is 2.87 bits per heavy atom. The molecule has 0 atom stereocenters. The molecule has 0 aliphatic heterocycles. The summed E-state index contributed by atoms with van der Waals surface area (Å²) >= 11 is 7.24. The van der Waals surface area contributed by atoms with Crippen molar-refractivity contribution in [3.63, 3.8) is 0 Å². The Labute approximate surface area is 97.1 Å². The fraction of sp³-hybridized carbons (Fsp3) is 0.400. The molecular weight excluding hydrogens is 232 g/mol. The van der Waals surface area contributed by atoms with Crippen molar-refractivity contribution < 1.29 is 4.42 Å². The molecule has 5 heteroatoms. The van der Waals surface area contributed by atoms with Crippen LogP contribution >= 0.6 is 22.9 Å². The van der Waals surface area contributed by atoms with Crippen LogP contribution in [0.1, 0.15) is 16.6 Å². The zero-order valence-corrected chi connectivity index (χ0v) is 10.2. The maximum Gasteiger partial charge on any atom is 0.196 e. The Bertz CT molecular complexity index is 464. The third kappa shape index (κ3) is 2.21. The quantitative estimate of drug-likeness (QED) is 0.776. The number of oxazole rings is 1. The highest BCUT2D eigenvalue weighted by Crippen LogP contribution is 2.30. The van der Waals surface area contributed by atoms with Gasteiger partial charge in [-0.15, -0.1) is 22.9 Å². The molecule has 0 spiro atoms. The molecule has 2 rings (SSSR count). The number of rotatable bonds is 3. The minimum atomic E-state index is 0.528. The van der Waals surface area contributed by atoms with Crippen LogP contribution in [-0.4, -0.2) is 15.8 Å². The molecule has 0 saturated heterocycles. The van der Waals surface area contributed by atoms with Crippen LogP contribution < -0.4 is 0 Å². The van der Waals surface area contributed by atoms with Crippen molar-refractivity contribution in [2.45, 2.75) is 20.3 Å². The summed E-state index contributed by atoms with van der Waals surface area (Å²) in [5.74, 6) is 2.00. The van der Waals surface area contributed by atoms with Crippen LogP contribution in [0.2, 0.25) is 0 Å². The molecule has 2 aromatic heterocycles. The number of hydrogen-bond donors (Lipinski definition) is 0. The molecule has 80 valence electrons. The summed E-state index contributed by atoms with van der Waals surface area (Å²) < 4.78 is 5.58. The number of alkyl halides is 1. The monoisotopic (exact) mass is 242 g/mol.